The molecule has 1 atom stereocenters. The second kappa shape index (κ2) is 13.6. The Balaban J connectivity index is 0.000000708. The van der Waals surface area contributed by atoms with Gasteiger partial charge in [-0.2, -0.15) is 13.2 Å². The molecule has 0 aliphatic carbocycles. The Hall–Kier alpha value is -5.08. The van der Waals surface area contributed by atoms with Crippen molar-refractivity contribution in [1.82, 2.24) is 15.2 Å². The molecule has 12 nitrogen and oxygen atoms in total. The molecule has 0 bridgehead atoms. The fourth-order valence-electron chi connectivity index (χ4n) is 3.59. The van der Waals surface area contributed by atoms with E-state index in [0.29, 0.717) is 37.2 Å². The minimum atomic E-state index is -5.08. The van der Waals surface area contributed by atoms with Crippen molar-refractivity contribution in [3.05, 3.63) is 71.4 Å². The molecule has 1 aromatic heterocycles. The first kappa shape index (κ1) is 31.1. The van der Waals surface area contributed by atoms with Gasteiger partial charge in [-0.1, -0.05) is 42.5 Å². The van der Waals surface area contributed by atoms with E-state index in [0.717, 1.165) is 16.5 Å². The molecule has 0 aliphatic rings. The summed E-state index contributed by atoms with van der Waals surface area (Å²) in [7, 11) is 0. The van der Waals surface area contributed by atoms with Crippen LogP contribution in [-0.2, 0) is 16.1 Å². The summed E-state index contributed by atoms with van der Waals surface area (Å²) in [6.07, 6.45) is -4.27. The van der Waals surface area contributed by atoms with Crippen molar-refractivity contribution in [2.45, 2.75) is 31.6 Å². The van der Waals surface area contributed by atoms with Crippen molar-refractivity contribution >= 4 is 40.5 Å². The van der Waals surface area contributed by atoms with Gasteiger partial charge >= 0.3 is 12.1 Å². The number of guanidine groups is 1. The number of primary amides is 1. The summed E-state index contributed by atoms with van der Waals surface area (Å²) in [5, 5.41) is 28.1. The van der Waals surface area contributed by atoms with Crippen molar-refractivity contribution < 1.29 is 32.7 Å². The average Bonchev–Trinajstić information content (AvgIpc) is 3.24. The van der Waals surface area contributed by atoms with Crippen LogP contribution in [-0.4, -0.2) is 58.0 Å². The lowest BCUT2D eigenvalue weighted by molar-refractivity contribution is -0.192. The first-order chi connectivity index (χ1) is 18.7. The van der Waals surface area contributed by atoms with Gasteiger partial charge in [0.1, 0.15) is 17.6 Å². The summed E-state index contributed by atoms with van der Waals surface area (Å²) in [5.41, 5.74) is 19.1. The van der Waals surface area contributed by atoms with Gasteiger partial charge in [-0.25, -0.2) is 4.79 Å². The number of nitrogens with zero attached hydrogens (tertiary/aromatic N) is 1. The predicted molar refractivity (Wildman–Crippen MR) is 142 cm³/mol. The average molecular weight is 563 g/mol. The topological polar surface area (TPSA) is 226 Å². The zero-order chi connectivity index (χ0) is 30.0. The lowest BCUT2D eigenvalue weighted by Gasteiger charge is -2.17. The van der Waals surface area contributed by atoms with Crippen LogP contribution in [0.4, 0.5) is 13.2 Å². The minimum absolute atomic E-state index is 0.0102. The van der Waals surface area contributed by atoms with Crippen LogP contribution in [0, 0.1) is 10.8 Å². The van der Waals surface area contributed by atoms with Crippen molar-refractivity contribution in [3.8, 4) is 0 Å². The molecule has 214 valence electrons. The molecule has 2 amide bonds. The SMILES string of the molecule is N=C(N)NCCC[C@H](NC(=O)c1cc2ccccc2n1Cc1ccc(C(=N)N)cc1)C(N)=O.O=C(O)C(F)(F)F. The number of amides is 2. The summed E-state index contributed by atoms with van der Waals surface area (Å²) in [5.74, 6) is -3.96. The molecule has 0 saturated heterocycles. The summed E-state index contributed by atoms with van der Waals surface area (Å²) >= 11 is 0. The standard InChI is InChI=1S/C23H28N8O2.C2HF3O2/c24-20(25)15-9-7-14(8-10-15)13-31-18-6-2-1-4-16(18)12-19(31)22(33)30-17(21(26)32)5-3-11-29-23(27)28;3-2(4,5)1(6)7/h1-2,4,6-10,12,17H,3,5,11,13H2,(H3,24,25)(H2,26,32)(H,30,33)(H4,27,28,29);(H,6,7)/t17-;/m0./s1. The fraction of sp³-hybridized carbons (Fsp3) is 0.240. The van der Waals surface area contributed by atoms with Crippen LogP contribution in [0.1, 0.15) is 34.5 Å². The molecule has 0 saturated carbocycles. The molecule has 40 heavy (non-hydrogen) atoms. The third-order valence-electron chi connectivity index (χ3n) is 5.53. The molecule has 0 fully saturated rings. The number of hydrogen-bond acceptors (Lipinski definition) is 5. The third kappa shape index (κ3) is 9.04. The largest absolute Gasteiger partial charge is 0.490 e. The number of aromatic nitrogens is 1. The number of halogens is 3. The normalized spacial score (nSPS) is 11.6. The molecule has 11 N–H and O–H groups in total. The van der Waals surface area contributed by atoms with E-state index in [-0.39, 0.29) is 11.8 Å². The van der Waals surface area contributed by atoms with Gasteiger partial charge in [-0.05, 0) is 30.5 Å². The Bertz CT molecular complexity index is 1390. The first-order valence-electron chi connectivity index (χ1n) is 11.7. The van der Waals surface area contributed by atoms with Gasteiger partial charge in [-0.3, -0.25) is 20.4 Å². The van der Waals surface area contributed by atoms with Gasteiger partial charge in [0.05, 0.1) is 0 Å². The van der Waals surface area contributed by atoms with Gasteiger partial charge in [0.15, 0.2) is 5.96 Å². The highest BCUT2D eigenvalue weighted by Gasteiger charge is 2.38. The number of carbonyl (C=O) groups excluding carboxylic acids is 2. The fourth-order valence-corrected chi connectivity index (χ4v) is 3.59. The number of rotatable bonds is 10. The number of nitrogens with two attached hydrogens (primary N) is 3. The Morgan fingerprint density at radius 1 is 1.00 bits per heavy atom. The van der Waals surface area contributed by atoms with E-state index in [2.05, 4.69) is 10.6 Å². The van der Waals surface area contributed by atoms with E-state index in [4.69, 9.17) is 37.9 Å². The number of nitrogen functional groups attached to an aromatic ring is 1. The quantitative estimate of drug-likeness (QED) is 0.103. The van der Waals surface area contributed by atoms with Gasteiger partial charge in [0.2, 0.25) is 5.91 Å². The van der Waals surface area contributed by atoms with Crippen LogP contribution in [0.2, 0.25) is 0 Å². The highest BCUT2D eigenvalue weighted by atomic mass is 19.4. The highest BCUT2D eigenvalue weighted by Crippen LogP contribution is 2.22. The third-order valence-corrected chi connectivity index (χ3v) is 5.53. The zero-order valence-electron chi connectivity index (χ0n) is 21.1. The zero-order valence-corrected chi connectivity index (χ0v) is 21.1. The van der Waals surface area contributed by atoms with Gasteiger partial charge < -0.3 is 37.5 Å². The van der Waals surface area contributed by atoms with E-state index >= 15 is 0 Å². The number of para-hydroxylation sites is 1. The molecule has 1 heterocycles. The number of aliphatic carboxylic acids is 1. The van der Waals surface area contributed by atoms with Crippen molar-refractivity contribution in [2.75, 3.05) is 6.54 Å². The Labute approximate surface area is 226 Å². The molecular weight excluding hydrogens is 533 g/mol. The molecular formula is C25H29F3N8O4. The van der Waals surface area contributed by atoms with Crippen LogP contribution < -0.4 is 27.8 Å². The molecule has 3 rings (SSSR count). The number of alkyl halides is 3. The van der Waals surface area contributed by atoms with Crippen molar-refractivity contribution in [2.24, 2.45) is 17.2 Å². The molecule has 0 unspecified atom stereocenters. The molecule has 15 heteroatoms. The van der Waals surface area contributed by atoms with E-state index < -0.39 is 30.0 Å². The number of hydrogen-bond donors (Lipinski definition) is 8. The Morgan fingerprint density at radius 3 is 2.12 bits per heavy atom. The van der Waals surface area contributed by atoms with Crippen molar-refractivity contribution in [1.29, 1.82) is 10.8 Å². The van der Waals surface area contributed by atoms with Crippen molar-refractivity contribution in [3.63, 3.8) is 0 Å². The number of carboxylic acid groups (broad SMARTS) is 1. The second-order valence-electron chi connectivity index (χ2n) is 8.50. The monoisotopic (exact) mass is 562 g/mol. The van der Waals surface area contributed by atoms with Gasteiger partial charge in [-0.15, -0.1) is 0 Å². The number of fused-ring (bicyclic) bond motifs is 1. The van der Waals surface area contributed by atoms with Crippen LogP contribution in [0.5, 0.6) is 0 Å². The van der Waals surface area contributed by atoms with Gasteiger partial charge in [0.25, 0.3) is 5.91 Å². The maximum Gasteiger partial charge on any atom is 0.490 e. The number of carbonyl (C=O) groups is 3. The number of amidine groups is 1. The Morgan fingerprint density at radius 2 is 1.60 bits per heavy atom. The summed E-state index contributed by atoms with van der Waals surface area (Å²) in [6.45, 7) is 0.809. The minimum Gasteiger partial charge on any atom is -0.475 e. The lowest BCUT2D eigenvalue weighted by Crippen LogP contribution is -2.45. The highest BCUT2D eigenvalue weighted by molar-refractivity contribution is 6.00. The van der Waals surface area contributed by atoms with E-state index in [1.807, 2.05) is 41.0 Å². The lowest BCUT2D eigenvalue weighted by atomic mass is 10.1. The summed E-state index contributed by atoms with van der Waals surface area (Å²) < 4.78 is 33.6. The second-order valence-corrected chi connectivity index (χ2v) is 8.50. The first-order valence-corrected chi connectivity index (χ1v) is 11.7. The van der Waals surface area contributed by atoms with Gasteiger partial charge in [0, 0.05) is 29.6 Å². The summed E-state index contributed by atoms with van der Waals surface area (Å²) in [4.78, 5) is 34.0. The van der Waals surface area contributed by atoms with E-state index in [9.17, 15) is 22.8 Å². The maximum atomic E-state index is 13.2. The predicted octanol–water partition coefficient (Wildman–Crippen LogP) is 1.45. The van der Waals surface area contributed by atoms with Crippen LogP contribution in [0.25, 0.3) is 10.9 Å². The van der Waals surface area contributed by atoms with Crippen LogP contribution in [0.15, 0.2) is 54.6 Å². The number of carboxylic acids is 1. The molecule has 0 spiro atoms. The summed E-state index contributed by atoms with van der Waals surface area (Å²) in [6, 6.07) is 15.8. The van der Waals surface area contributed by atoms with E-state index in [1.165, 1.54) is 0 Å². The number of nitrogens with one attached hydrogen (secondary N) is 4. The number of benzene rings is 2. The van der Waals surface area contributed by atoms with Crippen LogP contribution in [0.3, 0.4) is 0 Å². The Kier molecular flexibility index (Phi) is 10.6. The molecule has 0 aliphatic heterocycles. The smallest absolute Gasteiger partial charge is 0.475 e. The maximum absolute atomic E-state index is 13.2. The van der Waals surface area contributed by atoms with Crippen LogP contribution >= 0.6 is 0 Å². The molecule has 0 radical (unpaired) electrons. The van der Waals surface area contributed by atoms with E-state index in [1.54, 1.807) is 18.2 Å². The molecule has 2 aromatic carbocycles. The molecule has 3 aromatic rings.